The minimum Gasteiger partial charge on any atom is -0.339 e. The lowest BCUT2D eigenvalue weighted by atomic mass is 10.0. The quantitative estimate of drug-likeness (QED) is 0.757. The van der Waals surface area contributed by atoms with Crippen LogP contribution >= 0.6 is 0 Å². The van der Waals surface area contributed by atoms with E-state index >= 15 is 0 Å². The predicted octanol–water partition coefficient (Wildman–Crippen LogP) is 0.482. The monoisotopic (exact) mass is 426 g/mol. The minimum atomic E-state index is -0.218. The standard InChI is InChI=1S/C22H30N6O3/c1-17-7-5-6-10-27(17)20(30)16-25-11-13-26(14-12-25)22(31)21-23-15-19(29)28(24-21)18-8-3-2-4-9-18/h2-4,8-9,17H,5-7,10-16H2,1H3,(H,23,24)/t17-/m1/s1. The molecular weight excluding hydrogens is 396 g/mol. The average molecular weight is 427 g/mol. The van der Waals surface area contributed by atoms with Crippen molar-refractivity contribution in [2.24, 2.45) is 4.99 Å². The van der Waals surface area contributed by atoms with Gasteiger partial charge >= 0.3 is 0 Å². The number of nitrogens with zero attached hydrogens (tertiary/aromatic N) is 5. The molecule has 2 fully saturated rings. The summed E-state index contributed by atoms with van der Waals surface area (Å²) in [5.41, 5.74) is 3.55. The lowest BCUT2D eigenvalue weighted by molar-refractivity contribution is -0.136. The molecule has 2 saturated heterocycles. The van der Waals surface area contributed by atoms with Gasteiger partial charge in [-0.25, -0.2) is 5.01 Å². The second-order valence-corrected chi connectivity index (χ2v) is 8.34. The molecule has 0 unspecified atom stereocenters. The van der Waals surface area contributed by atoms with Gasteiger partial charge in [-0.05, 0) is 38.3 Å². The average Bonchev–Trinajstić information content (AvgIpc) is 2.80. The maximum absolute atomic E-state index is 13.0. The van der Waals surface area contributed by atoms with Gasteiger partial charge in [-0.3, -0.25) is 29.7 Å². The highest BCUT2D eigenvalue weighted by Crippen LogP contribution is 2.17. The lowest BCUT2D eigenvalue weighted by Gasteiger charge is -2.38. The summed E-state index contributed by atoms with van der Waals surface area (Å²) in [5.74, 6) is -0.0699. The molecule has 0 bridgehead atoms. The molecular formula is C22H30N6O3. The highest BCUT2D eigenvalue weighted by Gasteiger charge is 2.31. The van der Waals surface area contributed by atoms with Crippen molar-refractivity contribution in [2.45, 2.75) is 32.2 Å². The third kappa shape index (κ3) is 4.87. The topological polar surface area (TPSA) is 88.6 Å². The van der Waals surface area contributed by atoms with Crippen LogP contribution in [0.1, 0.15) is 26.2 Å². The second-order valence-electron chi connectivity index (χ2n) is 8.34. The van der Waals surface area contributed by atoms with E-state index in [-0.39, 0.29) is 30.1 Å². The Morgan fingerprint density at radius 1 is 1.06 bits per heavy atom. The number of carbonyl (C=O) groups excluding carboxylic acids is 3. The van der Waals surface area contributed by atoms with E-state index < -0.39 is 0 Å². The number of benzene rings is 1. The number of rotatable bonds is 4. The van der Waals surface area contributed by atoms with Crippen LogP contribution in [0.3, 0.4) is 0 Å². The zero-order chi connectivity index (χ0) is 21.8. The van der Waals surface area contributed by atoms with Crippen molar-refractivity contribution in [3.05, 3.63) is 30.3 Å². The van der Waals surface area contributed by atoms with Crippen molar-refractivity contribution >= 4 is 29.2 Å². The Morgan fingerprint density at radius 3 is 2.52 bits per heavy atom. The third-order valence-corrected chi connectivity index (χ3v) is 6.20. The fourth-order valence-electron chi connectivity index (χ4n) is 4.33. The van der Waals surface area contributed by atoms with Crippen LogP contribution in [0.2, 0.25) is 0 Å². The van der Waals surface area contributed by atoms with Crippen molar-refractivity contribution in [2.75, 3.05) is 50.8 Å². The molecule has 9 heteroatoms. The van der Waals surface area contributed by atoms with Crippen LogP contribution in [0.25, 0.3) is 0 Å². The number of nitrogens with one attached hydrogen (secondary N) is 1. The number of anilines is 1. The number of piperazine rings is 1. The molecule has 0 saturated carbocycles. The second kappa shape index (κ2) is 9.47. The molecule has 3 heterocycles. The summed E-state index contributed by atoms with van der Waals surface area (Å²) >= 11 is 0. The maximum atomic E-state index is 13.0. The molecule has 1 atom stereocenters. The van der Waals surface area contributed by atoms with Crippen LogP contribution < -0.4 is 10.4 Å². The van der Waals surface area contributed by atoms with E-state index in [9.17, 15) is 14.4 Å². The summed E-state index contributed by atoms with van der Waals surface area (Å²) in [6, 6.07) is 9.46. The van der Waals surface area contributed by atoms with Crippen LogP contribution in [0.15, 0.2) is 35.3 Å². The van der Waals surface area contributed by atoms with Gasteiger partial charge < -0.3 is 9.80 Å². The number of piperidine rings is 1. The Balaban J connectivity index is 1.30. The highest BCUT2D eigenvalue weighted by molar-refractivity contribution is 6.39. The number of hydrogen-bond acceptors (Lipinski definition) is 6. The molecule has 1 aromatic rings. The summed E-state index contributed by atoms with van der Waals surface area (Å²) in [4.78, 5) is 47.9. The van der Waals surface area contributed by atoms with E-state index in [0.717, 1.165) is 19.4 Å². The Bertz CT molecular complexity index is 850. The zero-order valence-electron chi connectivity index (χ0n) is 18.0. The predicted molar refractivity (Wildman–Crippen MR) is 117 cm³/mol. The van der Waals surface area contributed by atoms with Crippen molar-refractivity contribution in [1.82, 2.24) is 20.1 Å². The number of hydrogen-bond donors (Lipinski definition) is 1. The van der Waals surface area contributed by atoms with Crippen LogP contribution in [-0.4, -0.2) is 90.1 Å². The Morgan fingerprint density at radius 2 is 1.81 bits per heavy atom. The first-order valence-corrected chi connectivity index (χ1v) is 11.0. The maximum Gasteiger partial charge on any atom is 0.290 e. The molecule has 0 aromatic heterocycles. The van der Waals surface area contributed by atoms with E-state index in [2.05, 4.69) is 22.2 Å². The summed E-state index contributed by atoms with van der Waals surface area (Å²) in [6.07, 6.45) is 3.35. The highest BCUT2D eigenvalue weighted by atomic mass is 16.2. The first-order valence-electron chi connectivity index (χ1n) is 11.0. The van der Waals surface area contributed by atoms with Crippen molar-refractivity contribution < 1.29 is 14.4 Å². The van der Waals surface area contributed by atoms with Crippen molar-refractivity contribution in [3.8, 4) is 0 Å². The Kier molecular flexibility index (Phi) is 6.50. The first-order chi connectivity index (χ1) is 15.0. The fraction of sp³-hybridized carbons (Fsp3) is 0.545. The van der Waals surface area contributed by atoms with Crippen molar-refractivity contribution in [1.29, 1.82) is 0 Å². The van der Waals surface area contributed by atoms with Gasteiger partial charge in [0.15, 0.2) is 0 Å². The van der Waals surface area contributed by atoms with Gasteiger partial charge in [0.1, 0.15) is 6.54 Å². The Hall–Kier alpha value is -2.94. The van der Waals surface area contributed by atoms with E-state index in [4.69, 9.17) is 0 Å². The van der Waals surface area contributed by atoms with Crippen LogP contribution in [0.5, 0.6) is 0 Å². The molecule has 31 heavy (non-hydrogen) atoms. The lowest BCUT2D eigenvalue weighted by Crippen LogP contribution is -2.59. The molecule has 3 amide bonds. The largest absolute Gasteiger partial charge is 0.339 e. The van der Waals surface area contributed by atoms with Gasteiger partial charge in [0.05, 0.1) is 12.2 Å². The third-order valence-electron chi connectivity index (χ3n) is 6.20. The molecule has 0 spiro atoms. The molecule has 166 valence electrons. The summed E-state index contributed by atoms with van der Waals surface area (Å²) in [7, 11) is 0. The SMILES string of the molecule is C[C@@H]1CCCCN1C(=O)CN1CCN(C(=O)C2=NCC(=O)N(c3ccccc3)N2)CC1. The Labute approximate surface area is 182 Å². The number of hydrazine groups is 1. The molecule has 0 aliphatic carbocycles. The number of amidine groups is 1. The van der Waals surface area contributed by atoms with Gasteiger partial charge in [-0.2, -0.15) is 0 Å². The fourth-order valence-corrected chi connectivity index (χ4v) is 4.33. The van der Waals surface area contributed by atoms with E-state index in [1.807, 2.05) is 23.1 Å². The smallest absolute Gasteiger partial charge is 0.290 e. The number of carbonyl (C=O) groups is 3. The molecule has 1 N–H and O–H groups in total. The van der Waals surface area contributed by atoms with Gasteiger partial charge in [0.2, 0.25) is 11.7 Å². The number of para-hydroxylation sites is 1. The summed E-state index contributed by atoms with van der Waals surface area (Å²) in [5, 5.41) is 1.37. The molecule has 0 radical (unpaired) electrons. The van der Waals surface area contributed by atoms with Gasteiger partial charge in [0, 0.05) is 38.8 Å². The summed E-state index contributed by atoms with van der Waals surface area (Å²) < 4.78 is 0. The number of aliphatic imine (C=N–C) groups is 1. The molecule has 3 aliphatic heterocycles. The number of amides is 3. The first kappa shape index (κ1) is 21.3. The molecule has 3 aliphatic rings. The minimum absolute atomic E-state index is 0.0640. The molecule has 1 aromatic carbocycles. The molecule has 4 rings (SSSR count). The van der Waals surface area contributed by atoms with E-state index in [0.29, 0.717) is 44.5 Å². The summed E-state index contributed by atoms with van der Waals surface area (Å²) in [6.45, 7) is 5.66. The number of likely N-dealkylation sites (tertiary alicyclic amines) is 1. The van der Waals surface area contributed by atoms with Gasteiger partial charge in [-0.1, -0.05) is 18.2 Å². The van der Waals surface area contributed by atoms with Gasteiger partial charge in [0.25, 0.3) is 11.8 Å². The van der Waals surface area contributed by atoms with Crippen molar-refractivity contribution in [3.63, 3.8) is 0 Å². The van der Waals surface area contributed by atoms with Crippen LogP contribution in [-0.2, 0) is 14.4 Å². The van der Waals surface area contributed by atoms with Crippen LogP contribution in [0, 0.1) is 0 Å². The molecule has 9 nitrogen and oxygen atoms in total. The zero-order valence-corrected chi connectivity index (χ0v) is 18.0. The van der Waals surface area contributed by atoms with Crippen LogP contribution in [0.4, 0.5) is 5.69 Å². The van der Waals surface area contributed by atoms with E-state index in [1.54, 1.807) is 17.0 Å². The normalized spacial score (nSPS) is 22.7. The van der Waals surface area contributed by atoms with E-state index in [1.165, 1.54) is 11.4 Å². The van der Waals surface area contributed by atoms with Gasteiger partial charge in [-0.15, -0.1) is 0 Å².